The fourth-order valence-corrected chi connectivity index (χ4v) is 3.42. The molecule has 2 aliphatic rings. The first-order valence-electron chi connectivity index (χ1n) is 8.19. The summed E-state index contributed by atoms with van der Waals surface area (Å²) >= 11 is 0. The second-order valence-electron chi connectivity index (χ2n) is 6.05. The lowest BCUT2D eigenvalue weighted by Crippen LogP contribution is -2.49. The number of hydrogen-bond acceptors (Lipinski definition) is 5. The molecule has 0 spiro atoms. The summed E-state index contributed by atoms with van der Waals surface area (Å²) in [4.78, 5) is 17.2. The van der Waals surface area contributed by atoms with Gasteiger partial charge in [-0.05, 0) is 24.6 Å². The Morgan fingerprint density at radius 2 is 1.83 bits per heavy atom. The highest BCUT2D eigenvalue weighted by Gasteiger charge is 2.31. The van der Waals surface area contributed by atoms with E-state index in [2.05, 4.69) is 10.2 Å². The van der Waals surface area contributed by atoms with Crippen molar-refractivity contribution in [1.82, 2.24) is 15.1 Å². The van der Waals surface area contributed by atoms with Crippen LogP contribution in [0.5, 0.6) is 11.5 Å². The standard InChI is InChI=1S/C17H25N3O3.ClH/c1-22-15-4-3-13(11-16(15)23-2)17(21)20-8-5-14(12-20)19-9-6-18-7-10-19;/h3-4,11,14,18H,5-10,12H2,1-2H3;1H. The van der Waals surface area contributed by atoms with Crippen molar-refractivity contribution in [3.05, 3.63) is 23.8 Å². The Kier molecular flexibility index (Phi) is 6.71. The summed E-state index contributed by atoms with van der Waals surface area (Å²) in [6.45, 7) is 5.86. The van der Waals surface area contributed by atoms with Crippen LogP contribution in [0.4, 0.5) is 0 Å². The molecule has 0 aliphatic carbocycles. The van der Waals surface area contributed by atoms with Gasteiger partial charge in [-0.15, -0.1) is 12.4 Å². The normalized spacial score (nSPS) is 21.2. The van der Waals surface area contributed by atoms with E-state index in [1.165, 1.54) is 0 Å². The van der Waals surface area contributed by atoms with Gasteiger partial charge < -0.3 is 19.7 Å². The highest BCUT2D eigenvalue weighted by atomic mass is 35.5. The third-order valence-corrected chi connectivity index (χ3v) is 4.75. The summed E-state index contributed by atoms with van der Waals surface area (Å²) in [6.07, 6.45) is 1.05. The Balaban J connectivity index is 0.00000208. The van der Waals surface area contributed by atoms with Crippen molar-refractivity contribution in [3.63, 3.8) is 0 Å². The average molecular weight is 356 g/mol. The molecule has 0 bridgehead atoms. The number of carbonyl (C=O) groups excluding carboxylic acids is 1. The molecule has 134 valence electrons. The number of halogens is 1. The minimum Gasteiger partial charge on any atom is -0.493 e. The maximum atomic E-state index is 12.7. The van der Waals surface area contributed by atoms with Crippen molar-refractivity contribution in [2.24, 2.45) is 0 Å². The minimum absolute atomic E-state index is 0. The summed E-state index contributed by atoms with van der Waals surface area (Å²) < 4.78 is 10.5. The van der Waals surface area contributed by atoms with Crippen LogP contribution in [0.3, 0.4) is 0 Å². The van der Waals surface area contributed by atoms with Crippen molar-refractivity contribution in [2.45, 2.75) is 12.5 Å². The Morgan fingerprint density at radius 1 is 1.12 bits per heavy atom. The molecule has 3 rings (SSSR count). The maximum Gasteiger partial charge on any atom is 0.254 e. The van der Waals surface area contributed by atoms with Crippen LogP contribution in [0.15, 0.2) is 18.2 Å². The first-order valence-corrected chi connectivity index (χ1v) is 8.19. The number of likely N-dealkylation sites (tertiary alicyclic amines) is 1. The summed E-state index contributed by atoms with van der Waals surface area (Å²) in [5, 5.41) is 3.37. The SMILES string of the molecule is COc1ccc(C(=O)N2CCC(N3CCNCC3)C2)cc1OC.Cl. The molecule has 2 saturated heterocycles. The van der Waals surface area contributed by atoms with Crippen LogP contribution in [-0.4, -0.2) is 75.2 Å². The monoisotopic (exact) mass is 355 g/mol. The smallest absolute Gasteiger partial charge is 0.254 e. The molecule has 1 N–H and O–H groups in total. The molecule has 2 fully saturated rings. The lowest BCUT2D eigenvalue weighted by molar-refractivity contribution is 0.0773. The van der Waals surface area contributed by atoms with Crippen molar-refractivity contribution < 1.29 is 14.3 Å². The largest absolute Gasteiger partial charge is 0.493 e. The van der Waals surface area contributed by atoms with Gasteiger partial charge >= 0.3 is 0 Å². The van der Waals surface area contributed by atoms with Crippen molar-refractivity contribution in [1.29, 1.82) is 0 Å². The minimum atomic E-state index is 0. The van der Waals surface area contributed by atoms with Gasteiger partial charge in [0.15, 0.2) is 11.5 Å². The number of carbonyl (C=O) groups is 1. The maximum absolute atomic E-state index is 12.7. The Morgan fingerprint density at radius 3 is 2.50 bits per heavy atom. The zero-order valence-corrected chi connectivity index (χ0v) is 15.1. The second kappa shape index (κ2) is 8.55. The molecule has 7 heteroatoms. The van der Waals surface area contributed by atoms with Gasteiger partial charge in [0.25, 0.3) is 5.91 Å². The van der Waals surface area contributed by atoms with E-state index >= 15 is 0 Å². The lowest BCUT2D eigenvalue weighted by Gasteiger charge is -2.32. The molecular weight excluding hydrogens is 330 g/mol. The summed E-state index contributed by atoms with van der Waals surface area (Å²) in [7, 11) is 3.18. The Labute approximate surface area is 149 Å². The fraction of sp³-hybridized carbons (Fsp3) is 0.588. The van der Waals surface area contributed by atoms with Gasteiger partial charge in [-0.2, -0.15) is 0 Å². The predicted octanol–water partition coefficient (Wildman–Crippen LogP) is 1.25. The molecular formula is C17H26ClN3O3. The highest BCUT2D eigenvalue weighted by Crippen LogP contribution is 2.28. The molecule has 6 nitrogen and oxygen atoms in total. The zero-order chi connectivity index (χ0) is 16.2. The number of ether oxygens (including phenoxy) is 2. The zero-order valence-electron chi connectivity index (χ0n) is 14.3. The van der Waals surface area contributed by atoms with E-state index in [1.807, 2.05) is 11.0 Å². The second-order valence-corrected chi connectivity index (χ2v) is 6.05. The molecule has 1 atom stereocenters. The van der Waals surface area contributed by atoms with Gasteiger partial charge in [0.05, 0.1) is 14.2 Å². The van der Waals surface area contributed by atoms with Crippen molar-refractivity contribution >= 4 is 18.3 Å². The number of piperazine rings is 1. The summed E-state index contributed by atoms with van der Waals surface area (Å²) in [5.74, 6) is 1.31. The summed E-state index contributed by atoms with van der Waals surface area (Å²) in [5.41, 5.74) is 0.656. The van der Waals surface area contributed by atoms with E-state index in [0.29, 0.717) is 23.1 Å². The molecule has 0 saturated carbocycles. The molecule has 1 aromatic carbocycles. The van der Waals surface area contributed by atoms with Gasteiger partial charge in [-0.3, -0.25) is 9.69 Å². The first-order chi connectivity index (χ1) is 11.2. The molecule has 2 aliphatic heterocycles. The third-order valence-electron chi connectivity index (χ3n) is 4.75. The molecule has 1 unspecified atom stereocenters. The van der Waals surface area contributed by atoms with E-state index in [0.717, 1.165) is 45.7 Å². The highest BCUT2D eigenvalue weighted by molar-refractivity contribution is 5.95. The van der Waals surface area contributed by atoms with Crippen molar-refractivity contribution in [3.8, 4) is 11.5 Å². The molecule has 0 aromatic heterocycles. The van der Waals surface area contributed by atoms with Gasteiger partial charge in [0.1, 0.15) is 0 Å². The average Bonchev–Trinajstić information content (AvgIpc) is 3.11. The molecule has 1 aromatic rings. The number of benzene rings is 1. The van der Waals surface area contributed by atoms with Gasteiger partial charge in [-0.25, -0.2) is 0 Å². The molecule has 1 amide bonds. The predicted molar refractivity (Wildman–Crippen MR) is 95.5 cm³/mol. The van der Waals surface area contributed by atoms with E-state index in [1.54, 1.807) is 26.4 Å². The lowest BCUT2D eigenvalue weighted by atomic mass is 10.1. The van der Waals surface area contributed by atoms with Gasteiger partial charge in [0, 0.05) is 50.9 Å². The number of rotatable bonds is 4. The van der Waals surface area contributed by atoms with Crippen LogP contribution in [0.25, 0.3) is 0 Å². The van der Waals surface area contributed by atoms with E-state index < -0.39 is 0 Å². The Hall–Kier alpha value is -1.50. The number of nitrogens with zero attached hydrogens (tertiary/aromatic N) is 2. The number of methoxy groups -OCH3 is 2. The van der Waals surface area contributed by atoms with Crippen LogP contribution in [-0.2, 0) is 0 Å². The van der Waals surface area contributed by atoms with Crippen LogP contribution < -0.4 is 14.8 Å². The quantitative estimate of drug-likeness (QED) is 0.880. The van der Waals surface area contributed by atoms with Crippen LogP contribution in [0, 0.1) is 0 Å². The van der Waals surface area contributed by atoms with E-state index in [9.17, 15) is 4.79 Å². The van der Waals surface area contributed by atoms with Crippen molar-refractivity contribution in [2.75, 3.05) is 53.5 Å². The van der Waals surface area contributed by atoms with E-state index in [4.69, 9.17) is 9.47 Å². The van der Waals surface area contributed by atoms with Gasteiger partial charge in [-0.1, -0.05) is 0 Å². The first kappa shape index (κ1) is 18.8. The van der Waals surface area contributed by atoms with E-state index in [-0.39, 0.29) is 18.3 Å². The van der Waals surface area contributed by atoms with Gasteiger partial charge in [0.2, 0.25) is 0 Å². The molecule has 2 heterocycles. The van der Waals surface area contributed by atoms with Crippen LogP contribution in [0.1, 0.15) is 16.8 Å². The number of amides is 1. The number of hydrogen-bond donors (Lipinski definition) is 1. The number of nitrogens with one attached hydrogen (secondary N) is 1. The topological polar surface area (TPSA) is 54.0 Å². The van der Waals surface area contributed by atoms with Crippen LogP contribution >= 0.6 is 12.4 Å². The third kappa shape index (κ3) is 3.94. The molecule has 0 radical (unpaired) electrons. The fourth-order valence-electron chi connectivity index (χ4n) is 3.42. The Bertz CT molecular complexity index is 564. The van der Waals surface area contributed by atoms with Crippen LogP contribution in [0.2, 0.25) is 0 Å². The summed E-state index contributed by atoms with van der Waals surface area (Å²) in [6, 6.07) is 5.85. The molecule has 24 heavy (non-hydrogen) atoms.